The van der Waals surface area contributed by atoms with Gasteiger partial charge in [-0.3, -0.25) is 19.4 Å². The molecule has 2 aromatic heterocycles. The number of amides is 2. The van der Waals surface area contributed by atoms with Gasteiger partial charge in [-0.2, -0.15) is 0 Å². The van der Waals surface area contributed by atoms with Gasteiger partial charge >= 0.3 is 0 Å². The quantitative estimate of drug-likeness (QED) is 0.667. The lowest BCUT2D eigenvalue weighted by molar-refractivity contribution is -0.131. The van der Waals surface area contributed by atoms with E-state index in [4.69, 9.17) is 4.98 Å². The highest BCUT2D eigenvalue weighted by molar-refractivity contribution is 5.94. The van der Waals surface area contributed by atoms with E-state index in [1.807, 2.05) is 35.2 Å². The predicted molar refractivity (Wildman–Crippen MR) is 121 cm³/mol. The Bertz CT molecular complexity index is 1230. The standard InChI is InChI=1S/C25H25N5O3/c31-22(15-17-5-2-1-3-6-17)30-13-4-7-21(30)23-27-20-16-29(14-10-19(20)24(32)28-23)25(33)18-8-11-26-12-9-18/h1-3,5-6,8-9,11-12,21H,4,7,10,13-16H2,(H,27,28,32). The summed E-state index contributed by atoms with van der Waals surface area (Å²) in [6.45, 7) is 1.38. The Hall–Kier alpha value is -3.81. The number of pyridine rings is 1. The van der Waals surface area contributed by atoms with E-state index in [-0.39, 0.29) is 30.0 Å². The number of aromatic amines is 1. The third-order valence-corrected chi connectivity index (χ3v) is 6.39. The van der Waals surface area contributed by atoms with Gasteiger partial charge in [0.25, 0.3) is 11.5 Å². The highest BCUT2D eigenvalue weighted by Crippen LogP contribution is 2.31. The van der Waals surface area contributed by atoms with E-state index in [9.17, 15) is 14.4 Å². The number of likely N-dealkylation sites (tertiary alicyclic amines) is 1. The first-order valence-electron chi connectivity index (χ1n) is 11.2. The summed E-state index contributed by atoms with van der Waals surface area (Å²) in [6, 6.07) is 12.8. The molecule has 3 aromatic rings. The van der Waals surface area contributed by atoms with E-state index in [1.54, 1.807) is 29.4 Å². The Labute approximate surface area is 191 Å². The van der Waals surface area contributed by atoms with Gasteiger partial charge in [-0.1, -0.05) is 30.3 Å². The number of nitrogens with one attached hydrogen (secondary N) is 1. The van der Waals surface area contributed by atoms with Crippen molar-refractivity contribution in [2.24, 2.45) is 0 Å². The number of hydrogen-bond donors (Lipinski definition) is 1. The summed E-state index contributed by atoms with van der Waals surface area (Å²) in [6.07, 6.45) is 5.57. The highest BCUT2D eigenvalue weighted by atomic mass is 16.2. The highest BCUT2D eigenvalue weighted by Gasteiger charge is 2.33. The maximum absolute atomic E-state index is 13.0. The van der Waals surface area contributed by atoms with Crippen LogP contribution in [0, 0.1) is 0 Å². The van der Waals surface area contributed by atoms with Crippen molar-refractivity contribution in [3.05, 3.63) is 93.4 Å². The molecule has 33 heavy (non-hydrogen) atoms. The van der Waals surface area contributed by atoms with Gasteiger partial charge in [-0.15, -0.1) is 0 Å². The molecule has 0 bridgehead atoms. The third kappa shape index (κ3) is 4.28. The van der Waals surface area contributed by atoms with Crippen LogP contribution in [0.3, 0.4) is 0 Å². The largest absolute Gasteiger partial charge is 0.332 e. The van der Waals surface area contributed by atoms with Crippen molar-refractivity contribution in [3.8, 4) is 0 Å². The van der Waals surface area contributed by atoms with Crippen molar-refractivity contribution in [1.82, 2.24) is 24.8 Å². The second kappa shape index (κ2) is 8.97. The van der Waals surface area contributed by atoms with Crippen LogP contribution in [0.2, 0.25) is 0 Å². The van der Waals surface area contributed by atoms with E-state index >= 15 is 0 Å². The molecule has 1 unspecified atom stereocenters. The summed E-state index contributed by atoms with van der Waals surface area (Å²) < 4.78 is 0. The molecule has 2 aliphatic heterocycles. The van der Waals surface area contributed by atoms with Crippen LogP contribution in [0.5, 0.6) is 0 Å². The summed E-state index contributed by atoms with van der Waals surface area (Å²) in [7, 11) is 0. The minimum atomic E-state index is -0.259. The molecular formula is C25H25N5O3. The fourth-order valence-electron chi connectivity index (χ4n) is 4.69. The van der Waals surface area contributed by atoms with Crippen molar-refractivity contribution in [2.45, 2.75) is 38.3 Å². The number of carbonyl (C=O) groups excluding carboxylic acids is 2. The molecule has 0 saturated carbocycles. The molecule has 8 heteroatoms. The maximum atomic E-state index is 13.0. The van der Waals surface area contributed by atoms with Gasteiger partial charge in [0, 0.05) is 36.6 Å². The Balaban J connectivity index is 1.38. The SMILES string of the molecule is O=C(c1ccncc1)N1CCc2c(nc(C3CCCN3C(=O)Cc3ccccc3)[nH]c2=O)C1. The number of fused-ring (bicyclic) bond motifs is 1. The number of carbonyl (C=O) groups is 2. The average Bonchev–Trinajstić information content (AvgIpc) is 3.35. The van der Waals surface area contributed by atoms with E-state index in [1.165, 1.54) is 0 Å². The first-order valence-corrected chi connectivity index (χ1v) is 11.2. The molecule has 1 N–H and O–H groups in total. The Morgan fingerprint density at radius 3 is 2.64 bits per heavy atom. The van der Waals surface area contributed by atoms with Crippen LogP contribution >= 0.6 is 0 Å². The van der Waals surface area contributed by atoms with Crippen LogP contribution in [0.15, 0.2) is 59.7 Å². The van der Waals surface area contributed by atoms with E-state index in [0.717, 1.165) is 18.4 Å². The number of nitrogens with zero attached hydrogens (tertiary/aromatic N) is 4. The van der Waals surface area contributed by atoms with Crippen molar-refractivity contribution in [2.75, 3.05) is 13.1 Å². The van der Waals surface area contributed by atoms with Crippen LogP contribution in [0.4, 0.5) is 0 Å². The molecule has 0 aliphatic carbocycles. The summed E-state index contributed by atoms with van der Waals surface area (Å²) in [4.78, 5) is 53.9. The van der Waals surface area contributed by atoms with Gasteiger partial charge in [0.15, 0.2) is 0 Å². The van der Waals surface area contributed by atoms with Gasteiger partial charge in [-0.25, -0.2) is 4.98 Å². The molecule has 0 radical (unpaired) electrons. The average molecular weight is 444 g/mol. The molecule has 0 spiro atoms. The first kappa shape index (κ1) is 21.1. The maximum Gasteiger partial charge on any atom is 0.254 e. The van der Waals surface area contributed by atoms with Crippen molar-refractivity contribution in [1.29, 1.82) is 0 Å². The topological polar surface area (TPSA) is 99.3 Å². The van der Waals surface area contributed by atoms with Crippen LogP contribution in [0.25, 0.3) is 0 Å². The third-order valence-electron chi connectivity index (χ3n) is 6.39. The fraction of sp³-hybridized carbons (Fsp3) is 0.320. The number of H-pyrrole nitrogens is 1. The van der Waals surface area contributed by atoms with Crippen LogP contribution in [0.1, 0.15) is 51.9 Å². The van der Waals surface area contributed by atoms with Gasteiger partial charge < -0.3 is 14.8 Å². The van der Waals surface area contributed by atoms with Gasteiger partial charge in [0.05, 0.1) is 24.7 Å². The minimum absolute atomic E-state index is 0.0264. The molecule has 5 rings (SSSR count). The molecule has 1 atom stereocenters. The zero-order valence-electron chi connectivity index (χ0n) is 18.2. The fourth-order valence-corrected chi connectivity index (χ4v) is 4.69. The van der Waals surface area contributed by atoms with Crippen molar-refractivity contribution >= 4 is 11.8 Å². The van der Waals surface area contributed by atoms with E-state index in [0.29, 0.717) is 48.6 Å². The lowest BCUT2D eigenvalue weighted by Gasteiger charge is -2.29. The lowest BCUT2D eigenvalue weighted by atomic mass is 10.0. The van der Waals surface area contributed by atoms with Gasteiger partial charge in [0.1, 0.15) is 5.82 Å². The first-order chi connectivity index (χ1) is 16.1. The Morgan fingerprint density at radius 2 is 1.85 bits per heavy atom. The van der Waals surface area contributed by atoms with Crippen molar-refractivity contribution in [3.63, 3.8) is 0 Å². The van der Waals surface area contributed by atoms with Crippen LogP contribution in [-0.2, 0) is 24.2 Å². The second-order valence-electron chi connectivity index (χ2n) is 8.50. The zero-order chi connectivity index (χ0) is 22.8. The molecule has 4 heterocycles. The zero-order valence-corrected chi connectivity index (χ0v) is 18.2. The molecule has 2 amide bonds. The van der Waals surface area contributed by atoms with Crippen molar-refractivity contribution < 1.29 is 9.59 Å². The summed E-state index contributed by atoms with van der Waals surface area (Å²) in [5, 5.41) is 0. The smallest absolute Gasteiger partial charge is 0.254 e. The summed E-state index contributed by atoms with van der Waals surface area (Å²) in [5.74, 6) is 0.432. The lowest BCUT2D eigenvalue weighted by Crippen LogP contribution is -2.40. The molecule has 168 valence electrons. The number of benzene rings is 1. The number of rotatable bonds is 4. The van der Waals surface area contributed by atoms with E-state index < -0.39 is 0 Å². The van der Waals surface area contributed by atoms with Crippen LogP contribution in [-0.4, -0.2) is 49.7 Å². The second-order valence-corrected chi connectivity index (χ2v) is 8.50. The van der Waals surface area contributed by atoms with Gasteiger partial charge in [0.2, 0.25) is 5.91 Å². The van der Waals surface area contributed by atoms with Crippen LogP contribution < -0.4 is 5.56 Å². The molecule has 1 saturated heterocycles. The summed E-state index contributed by atoms with van der Waals surface area (Å²) in [5.41, 5.74) is 2.59. The minimum Gasteiger partial charge on any atom is -0.332 e. The number of hydrogen-bond acceptors (Lipinski definition) is 5. The van der Waals surface area contributed by atoms with E-state index in [2.05, 4.69) is 9.97 Å². The van der Waals surface area contributed by atoms with Gasteiger partial charge in [-0.05, 0) is 37.0 Å². The molecular weight excluding hydrogens is 418 g/mol. The Morgan fingerprint density at radius 1 is 1.06 bits per heavy atom. The molecule has 2 aliphatic rings. The molecule has 1 fully saturated rings. The predicted octanol–water partition coefficient (Wildman–Crippen LogP) is 2.27. The molecule has 1 aromatic carbocycles. The Kier molecular flexibility index (Phi) is 5.73. The monoisotopic (exact) mass is 443 g/mol. The number of aromatic nitrogens is 3. The normalized spacial score (nSPS) is 17.6. The molecule has 8 nitrogen and oxygen atoms in total. The summed E-state index contributed by atoms with van der Waals surface area (Å²) >= 11 is 0.